The molecule has 0 atom stereocenters. The second kappa shape index (κ2) is 4.58. The molecule has 2 N–H and O–H groups in total. The molecule has 13 heavy (non-hydrogen) atoms. The van der Waals surface area contributed by atoms with Crippen LogP contribution in [0.25, 0.3) is 0 Å². The Morgan fingerprint density at radius 1 is 1.62 bits per heavy atom. The van der Waals surface area contributed by atoms with Gasteiger partial charge in [0.1, 0.15) is 0 Å². The summed E-state index contributed by atoms with van der Waals surface area (Å²) in [7, 11) is 0. The van der Waals surface area contributed by atoms with Gasteiger partial charge in [0.2, 0.25) is 0 Å². The average molecular weight is 245 g/mol. The van der Waals surface area contributed by atoms with Crippen molar-refractivity contribution in [1.29, 1.82) is 0 Å². The highest BCUT2D eigenvalue weighted by atomic mass is 79.9. The lowest BCUT2D eigenvalue weighted by atomic mass is 10.3. The molecule has 0 amide bonds. The van der Waals surface area contributed by atoms with Gasteiger partial charge in [-0.25, -0.2) is 0 Å². The zero-order chi connectivity index (χ0) is 9.84. The topological polar surface area (TPSA) is 48.0 Å². The molecule has 0 aliphatic carbocycles. The second-order valence-electron chi connectivity index (χ2n) is 3.01. The van der Waals surface area contributed by atoms with Gasteiger partial charge in [-0.1, -0.05) is 0 Å². The first-order chi connectivity index (χ1) is 6.15. The van der Waals surface area contributed by atoms with Gasteiger partial charge in [-0.05, 0) is 47.4 Å². The Balaban J connectivity index is 2.99. The van der Waals surface area contributed by atoms with Crippen molar-refractivity contribution in [2.75, 3.05) is 6.54 Å². The first-order valence-corrected chi connectivity index (χ1v) is 5.01. The summed E-state index contributed by atoms with van der Waals surface area (Å²) in [4.78, 5) is 11.5. The van der Waals surface area contributed by atoms with E-state index in [4.69, 9.17) is 5.73 Å². The number of halogens is 1. The molecule has 1 rings (SSSR count). The molecular weight excluding hydrogens is 232 g/mol. The van der Waals surface area contributed by atoms with Crippen molar-refractivity contribution in [2.24, 2.45) is 5.73 Å². The minimum Gasteiger partial charge on any atom is -0.330 e. The Morgan fingerprint density at radius 3 is 2.92 bits per heavy atom. The van der Waals surface area contributed by atoms with Crippen molar-refractivity contribution in [3.63, 3.8) is 0 Å². The van der Waals surface area contributed by atoms with Crippen molar-refractivity contribution in [1.82, 2.24) is 4.57 Å². The highest BCUT2D eigenvalue weighted by Gasteiger charge is 2.00. The van der Waals surface area contributed by atoms with Gasteiger partial charge in [-0.15, -0.1) is 0 Å². The fraction of sp³-hybridized carbons (Fsp3) is 0.444. The summed E-state index contributed by atoms with van der Waals surface area (Å²) < 4.78 is 2.30. The number of nitrogens with zero attached hydrogens (tertiary/aromatic N) is 1. The Labute approximate surface area is 85.7 Å². The predicted molar refractivity (Wildman–Crippen MR) is 56.8 cm³/mol. The molecule has 0 fully saturated rings. The average Bonchev–Trinajstić information content (AvgIpc) is 2.09. The van der Waals surface area contributed by atoms with Crippen LogP contribution in [0.5, 0.6) is 0 Å². The Hall–Kier alpha value is -0.610. The van der Waals surface area contributed by atoms with E-state index in [1.54, 1.807) is 4.57 Å². The number of rotatable bonds is 3. The van der Waals surface area contributed by atoms with Gasteiger partial charge in [0, 0.05) is 12.7 Å². The van der Waals surface area contributed by atoms with Gasteiger partial charge >= 0.3 is 0 Å². The normalized spacial score (nSPS) is 10.4. The third-order valence-corrected chi connectivity index (χ3v) is 2.35. The molecular formula is C9H13BrN2O. The zero-order valence-corrected chi connectivity index (χ0v) is 9.17. The first kappa shape index (κ1) is 10.5. The second-order valence-corrected chi connectivity index (χ2v) is 3.86. The third-order valence-electron chi connectivity index (χ3n) is 1.78. The molecule has 0 spiro atoms. The highest BCUT2D eigenvalue weighted by molar-refractivity contribution is 9.10. The maximum absolute atomic E-state index is 11.5. The third kappa shape index (κ3) is 2.67. The van der Waals surface area contributed by atoms with Crippen LogP contribution in [0.1, 0.15) is 12.0 Å². The molecule has 0 aliphatic heterocycles. The molecule has 0 bridgehead atoms. The fourth-order valence-corrected chi connectivity index (χ4v) is 1.76. The summed E-state index contributed by atoms with van der Waals surface area (Å²) in [6.45, 7) is 3.26. The van der Waals surface area contributed by atoms with E-state index < -0.39 is 0 Å². The molecule has 0 saturated heterocycles. The molecule has 4 heteroatoms. The summed E-state index contributed by atoms with van der Waals surface area (Å²) >= 11 is 3.22. The van der Waals surface area contributed by atoms with Crippen LogP contribution < -0.4 is 11.3 Å². The number of hydrogen-bond donors (Lipinski definition) is 1. The van der Waals surface area contributed by atoms with Gasteiger partial charge in [-0.2, -0.15) is 0 Å². The Morgan fingerprint density at radius 2 is 2.31 bits per heavy atom. The molecule has 1 heterocycles. The summed E-state index contributed by atoms with van der Waals surface area (Å²) in [6, 6.07) is 1.82. The van der Waals surface area contributed by atoms with Crippen molar-refractivity contribution in [2.45, 2.75) is 19.9 Å². The molecule has 72 valence electrons. The van der Waals surface area contributed by atoms with Crippen LogP contribution in [0.15, 0.2) is 21.5 Å². The lowest BCUT2D eigenvalue weighted by Crippen LogP contribution is -2.21. The minimum absolute atomic E-state index is 0.0130. The van der Waals surface area contributed by atoms with E-state index in [0.29, 0.717) is 17.6 Å². The number of pyridine rings is 1. The standard InChI is InChI=1S/C9H13BrN2O/c1-7-5-8(10)9(13)12(6-7)4-2-3-11/h5-6H,2-4,11H2,1H3. The van der Waals surface area contributed by atoms with Gasteiger partial charge in [0.15, 0.2) is 0 Å². The maximum atomic E-state index is 11.5. The van der Waals surface area contributed by atoms with Crippen molar-refractivity contribution >= 4 is 15.9 Å². The first-order valence-electron chi connectivity index (χ1n) is 4.22. The van der Waals surface area contributed by atoms with E-state index >= 15 is 0 Å². The molecule has 1 aromatic rings. The van der Waals surface area contributed by atoms with E-state index in [1.807, 2.05) is 19.2 Å². The highest BCUT2D eigenvalue weighted by Crippen LogP contribution is 2.05. The Kier molecular flexibility index (Phi) is 3.69. The van der Waals surface area contributed by atoms with Crippen LogP contribution in [0.4, 0.5) is 0 Å². The lowest BCUT2D eigenvalue weighted by molar-refractivity contribution is 0.625. The van der Waals surface area contributed by atoms with Crippen LogP contribution in [0.2, 0.25) is 0 Å². The van der Waals surface area contributed by atoms with E-state index in [-0.39, 0.29) is 5.56 Å². The summed E-state index contributed by atoms with van der Waals surface area (Å²) in [6.07, 6.45) is 2.68. The largest absolute Gasteiger partial charge is 0.330 e. The molecule has 3 nitrogen and oxygen atoms in total. The number of aromatic nitrogens is 1. The SMILES string of the molecule is Cc1cc(Br)c(=O)n(CCCN)c1. The summed E-state index contributed by atoms with van der Waals surface area (Å²) in [5.74, 6) is 0. The van der Waals surface area contributed by atoms with E-state index in [9.17, 15) is 4.79 Å². The van der Waals surface area contributed by atoms with Crippen LogP contribution in [-0.2, 0) is 6.54 Å². The molecule has 0 saturated carbocycles. The zero-order valence-electron chi connectivity index (χ0n) is 7.59. The molecule has 0 radical (unpaired) electrons. The van der Waals surface area contributed by atoms with Gasteiger partial charge in [-0.3, -0.25) is 4.79 Å². The molecule has 0 unspecified atom stereocenters. The Bertz CT molecular complexity index is 346. The molecule has 0 aliphatic rings. The minimum atomic E-state index is 0.0130. The monoisotopic (exact) mass is 244 g/mol. The van der Waals surface area contributed by atoms with E-state index in [2.05, 4.69) is 15.9 Å². The number of aryl methyl sites for hydroxylation is 2. The molecule has 0 aromatic carbocycles. The fourth-order valence-electron chi connectivity index (χ4n) is 1.17. The van der Waals surface area contributed by atoms with Crippen molar-refractivity contribution in [3.8, 4) is 0 Å². The summed E-state index contributed by atoms with van der Waals surface area (Å²) in [5.41, 5.74) is 6.46. The summed E-state index contributed by atoms with van der Waals surface area (Å²) in [5, 5.41) is 0. The van der Waals surface area contributed by atoms with E-state index in [0.717, 1.165) is 12.0 Å². The molecule has 1 aromatic heterocycles. The van der Waals surface area contributed by atoms with Crippen LogP contribution >= 0.6 is 15.9 Å². The van der Waals surface area contributed by atoms with Gasteiger partial charge in [0.05, 0.1) is 4.47 Å². The van der Waals surface area contributed by atoms with Crippen LogP contribution in [0.3, 0.4) is 0 Å². The van der Waals surface area contributed by atoms with Gasteiger partial charge in [0.25, 0.3) is 5.56 Å². The van der Waals surface area contributed by atoms with Gasteiger partial charge < -0.3 is 10.3 Å². The quantitative estimate of drug-likeness (QED) is 0.871. The number of nitrogens with two attached hydrogens (primary N) is 1. The maximum Gasteiger partial charge on any atom is 0.264 e. The van der Waals surface area contributed by atoms with Crippen molar-refractivity contribution in [3.05, 3.63) is 32.7 Å². The van der Waals surface area contributed by atoms with Crippen LogP contribution in [0, 0.1) is 6.92 Å². The van der Waals surface area contributed by atoms with E-state index in [1.165, 1.54) is 0 Å². The number of hydrogen-bond acceptors (Lipinski definition) is 2. The van der Waals surface area contributed by atoms with Crippen molar-refractivity contribution < 1.29 is 0 Å². The predicted octanol–water partition coefficient (Wildman–Crippen LogP) is 1.27. The smallest absolute Gasteiger partial charge is 0.264 e. The van der Waals surface area contributed by atoms with Crippen LogP contribution in [-0.4, -0.2) is 11.1 Å². The lowest BCUT2D eigenvalue weighted by Gasteiger charge is -2.06.